The van der Waals surface area contributed by atoms with Crippen LogP contribution in [0, 0.1) is 5.92 Å². The van der Waals surface area contributed by atoms with E-state index in [1.165, 1.54) is 0 Å². The molecule has 1 aromatic carbocycles. The van der Waals surface area contributed by atoms with E-state index in [-0.39, 0.29) is 5.97 Å². The van der Waals surface area contributed by atoms with Crippen molar-refractivity contribution in [1.29, 1.82) is 0 Å². The molecule has 0 bridgehead atoms. The zero-order valence-electron chi connectivity index (χ0n) is 13.1. The summed E-state index contributed by atoms with van der Waals surface area (Å²) in [6.45, 7) is 6.82. The Bertz CT molecular complexity index is 605. The van der Waals surface area contributed by atoms with Crippen LogP contribution in [-0.4, -0.2) is 22.7 Å². The topological polar surface area (TPSA) is 77.2 Å². The second-order valence-corrected chi connectivity index (χ2v) is 5.35. The van der Waals surface area contributed by atoms with Gasteiger partial charge in [-0.05, 0) is 37.1 Å². The first-order valence-electron chi connectivity index (χ1n) is 7.41. The molecule has 1 N–H and O–H groups in total. The van der Waals surface area contributed by atoms with E-state index in [1.807, 2.05) is 12.1 Å². The van der Waals surface area contributed by atoms with Gasteiger partial charge in [0.2, 0.25) is 5.89 Å². The van der Waals surface area contributed by atoms with Gasteiger partial charge in [-0.3, -0.25) is 0 Å². The van der Waals surface area contributed by atoms with Crippen LogP contribution in [0.1, 0.15) is 42.8 Å². The highest BCUT2D eigenvalue weighted by molar-refractivity contribution is 5.89. The summed E-state index contributed by atoms with van der Waals surface area (Å²) in [5.74, 6) is 1.45. The maximum atomic E-state index is 11.6. The molecular formula is C16H21N3O3. The van der Waals surface area contributed by atoms with Crippen molar-refractivity contribution in [1.82, 2.24) is 10.1 Å². The maximum Gasteiger partial charge on any atom is 0.338 e. The number of ether oxygens (including phenoxy) is 1. The van der Waals surface area contributed by atoms with E-state index >= 15 is 0 Å². The third kappa shape index (κ3) is 4.58. The minimum atomic E-state index is -0.315. The van der Waals surface area contributed by atoms with E-state index < -0.39 is 0 Å². The van der Waals surface area contributed by atoms with Crippen molar-refractivity contribution in [3.63, 3.8) is 0 Å². The molecule has 0 fully saturated rings. The smallest absolute Gasteiger partial charge is 0.338 e. The zero-order valence-corrected chi connectivity index (χ0v) is 13.1. The van der Waals surface area contributed by atoms with Crippen molar-refractivity contribution >= 4 is 11.7 Å². The second kappa shape index (κ2) is 7.59. The highest BCUT2D eigenvalue weighted by Crippen LogP contribution is 2.12. The van der Waals surface area contributed by atoms with Gasteiger partial charge in [0.05, 0.1) is 18.7 Å². The molecule has 2 rings (SSSR count). The first kappa shape index (κ1) is 16.0. The Balaban J connectivity index is 1.89. The van der Waals surface area contributed by atoms with Crippen molar-refractivity contribution < 1.29 is 14.1 Å². The van der Waals surface area contributed by atoms with Crippen LogP contribution in [0.2, 0.25) is 0 Å². The molecule has 0 saturated carbocycles. The summed E-state index contributed by atoms with van der Waals surface area (Å²) in [5.41, 5.74) is 1.40. The second-order valence-electron chi connectivity index (χ2n) is 5.35. The standard InChI is InChI=1S/C16H21N3O3/c1-4-21-16(20)12-5-7-13(8-6-12)17-10-15-18-14(19-22-15)9-11(2)3/h5-8,11,17H,4,9-10H2,1-3H3. The Morgan fingerprint density at radius 3 is 2.68 bits per heavy atom. The number of hydrogen-bond donors (Lipinski definition) is 1. The van der Waals surface area contributed by atoms with Crippen LogP contribution in [0.3, 0.4) is 0 Å². The Kier molecular flexibility index (Phi) is 5.52. The van der Waals surface area contributed by atoms with Crippen LogP contribution < -0.4 is 5.32 Å². The fourth-order valence-electron chi connectivity index (χ4n) is 1.93. The molecule has 0 aliphatic heterocycles. The number of rotatable bonds is 7. The zero-order chi connectivity index (χ0) is 15.9. The van der Waals surface area contributed by atoms with Gasteiger partial charge in [-0.15, -0.1) is 0 Å². The van der Waals surface area contributed by atoms with Gasteiger partial charge in [0.25, 0.3) is 0 Å². The molecular weight excluding hydrogens is 282 g/mol. The third-order valence-electron chi connectivity index (χ3n) is 2.94. The Labute approximate surface area is 129 Å². The van der Waals surface area contributed by atoms with E-state index in [1.54, 1.807) is 19.1 Å². The SMILES string of the molecule is CCOC(=O)c1ccc(NCc2nc(CC(C)C)no2)cc1. The number of benzene rings is 1. The number of carbonyl (C=O) groups is 1. The number of nitrogens with zero attached hydrogens (tertiary/aromatic N) is 2. The molecule has 0 amide bonds. The van der Waals surface area contributed by atoms with Gasteiger partial charge in [0, 0.05) is 12.1 Å². The lowest BCUT2D eigenvalue weighted by Gasteiger charge is -2.05. The van der Waals surface area contributed by atoms with E-state index in [2.05, 4.69) is 29.3 Å². The first-order valence-corrected chi connectivity index (χ1v) is 7.41. The molecule has 22 heavy (non-hydrogen) atoms. The molecule has 0 radical (unpaired) electrons. The number of hydrogen-bond acceptors (Lipinski definition) is 6. The van der Waals surface area contributed by atoms with Crippen LogP contribution in [0.15, 0.2) is 28.8 Å². The van der Waals surface area contributed by atoms with Gasteiger partial charge in [-0.2, -0.15) is 4.98 Å². The van der Waals surface area contributed by atoms with Gasteiger partial charge in [-0.1, -0.05) is 19.0 Å². The van der Waals surface area contributed by atoms with Crippen molar-refractivity contribution in [2.24, 2.45) is 5.92 Å². The predicted molar refractivity (Wildman–Crippen MR) is 82.6 cm³/mol. The molecule has 1 heterocycles. The fraction of sp³-hybridized carbons (Fsp3) is 0.438. The fourth-order valence-corrected chi connectivity index (χ4v) is 1.93. The van der Waals surface area contributed by atoms with E-state index in [0.717, 1.165) is 17.9 Å². The van der Waals surface area contributed by atoms with Gasteiger partial charge in [0.1, 0.15) is 0 Å². The lowest BCUT2D eigenvalue weighted by molar-refractivity contribution is 0.0526. The quantitative estimate of drug-likeness (QED) is 0.792. The van der Waals surface area contributed by atoms with Crippen molar-refractivity contribution in [2.45, 2.75) is 33.7 Å². The van der Waals surface area contributed by atoms with Crippen LogP contribution >= 0.6 is 0 Å². The van der Waals surface area contributed by atoms with E-state index in [9.17, 15) is 4.79 Å². The highest BCUT2D eigenvalue weighted by Gasteiger charge is 2.09. The maximum absolute atomic E-state index is 11.6. The Morgan fingerprint density at radius 1 is 1.32 bits per heavy atom. The molecule has 2 aromatic rings. The minimum absolute atomic E-state index is 0.315. The summed E-state index contributed by atoms with van der Waals surface area (Å²) in [5, 5.41) is 7.12. The summed E-state index contributed by atoms with van der Waals surface area (Å²) >= 11 is 0. The minimum Gasteiger partial charge on any atom is -0.462 e. The summed E-state index contributed by atoms with van der Waals surface area (Å²) in [7, 11) is 0. The summed E-state index contributed by atoms with van der Waals surface area (Å²) < 4.78 is 10.1. The number of nitrogens with one attached hydrogen (secondary N) is 1. The van der Waals surface area contributed by atoms with Crippen molar-refractivity contribution in [2.75, 3.05) is 11.9 Å². The molecule has 0 aliphatic carbocycles. The molecule has 0 spiro atoms. The molecule has 0 atom stereocenters. The first-order chi connectivity index (χ1) is 10.6. The van der Waals surface area contributed by atoms with Crippen LogP contribution in [0.4, 0.5) is 5.69 Å². The summed E-state index contributed by atoms with van der Waals surface area (Å²) in [6, 6.07) is 7.08. The van der Waals surface area contributed by atoms with Gasteiger partial charge in [0.15, 0.2) is 5.82 Å². The largest absolute Gasteiger partial charge is 0.462 e. The average Bonchev–Trinajstić information content (AvgIpc) is 2.92. The molecule has 118 valence electrons. The number of anilines is 1. The van der Waals surface area contributed by atoms with Gasteiger partial charge in [-0.25, -0.2) is 4.79 Å². The van der Waals surface area contributed by atoms with Crippen LogP contribution in [0.5, 0.6) is 0 Å². The summed E-state index contributed by atoms with van der Waals surface area (Å²) in [6.07, 6.45) is 0.803. The lowest BCUT2D eigenvalue weighted by atomic mass is 10.1. The molecule has 0 saturated heterocycles. The van der Waals surface area contributed by atoms with Crippen LogP contribution in [-0.2, 0) is 17.7 Å². The Hall–Kier alpha value is -2.37. The number of esters is 1. The monoisotopic (exact) mass is 303 g/mol. The predicted octanol–water partition coefficient (Wildman–Crippen LogP) is 3.06. The highest BCUT2D eigenvalue weighted by atomic mass is 16.5. The normalized spacial score (nSPS) is 10.7. The summed E-state index contributed by atoms with van der Waals surface area (Å²) in [4.78, 5) is 15.9. The van der Waals surface area contributed by atoms with Gasteiger partial charge < -0.3 is 14.6 Å². The molecule has 0 aliphatic rings. The Morgan fingerprint density at radius 2 is 2.05 bits per heavy atom. The molecule has 6 heteroatoms. The van der Waals surface area contributed by atoms with Gasteiger partial charge >= 0.3 is 5.97 Å². The lowest BCUT2D eigenvalue weighted by Crippen LogP contribution is -2.05. The van der Waals surface area contributed by atoms with Crippen molar-refractivity contribution in [3.8, 4) is 0 Å². The van der Waals surface area contributed by atoms with Crippen LogP contribution in [0.25, 0.3) is 0 Å². The molecule has 0 unspecified atom stereocenters. The number of aromatic nitrogens is 2. The molecule has 1 aromatic heterocycles. The average molecular weight is 303 g/mol. The third-order valence-corrected chi connectivity index (χ3v) is 2.94. The number of carbonyl (C=O) groups excluding carboxylic acids is 1. The van der Waals surface area contributed by atoms with Crippen molar-refractivity contribution in [3.05, 3.63) is 41.5 Å². The van der Waals surface area contributed by atoms with E-state index in [4.69, 9.17) is 9.26 Å². The molecule has 6 nitrogen and oxygen atoms in total. The van der Waals surface area contributed by atoms with E-state index in [0.29, 0.717) is 30.5 Å².